The van der Waals surface area contributed by atoms with E-state index in [0.717, 1.165) is 0 Å². The Morgan fingerprint density at radius 1 is 1.28 bits per heavy atom. The van der Waals surface area contributed by atoms with Crippen LogP contribution in [0.4, 0.5) is 3.89 Å². The average molecular weight is 275 g/mol. The van der Waals surface area contributed by atoms with E-state index in [2.05, 4.69) is 0 Å². The Balaban J connectivity index is 2.41. The molecule has 100 valence electrons. The van der Waals surface area contributed by atoms with E-state index < -0.39 is 15.9 Å². The van der Waals surface area contributed by atoms with Gasteiger partial charge < -0.3 is 9.47 Å². The Bertz CT molecular complexity index is 570. The van der Waals surface area contributed by atoms with Gasteiger partial charge in [0.05, 0.1) is 5.54 Å². The second kappa shape index (κ2) is 4.10. The Labute approximate surface area is 105 Å². The van der Waals surface area contributed by atoms with Crippen molar-refractivity contribution in [1.29, 1.82) is 0 Å². The number of rotatable bonds is 3. The van der Waals surface area contributed by atoms with Gasteiger partial charge in [-0.25, -0.2) is 0 Å². The van der Waals surface area contributed by atoms with Gasteiger partial charge in [0.15, 0.2) is 11.5 Å². The Morgan fingerprint density at radius 2 is 1.89 bits per heavy atom. The predicted octanol–water partition coefficient (Wildman–Crippen LogP) is 1.80. The van der Waals surface area contributed by atoms with Gasteiger partial charge in [0.1, 0.15) is 0 Å². The molecule has 0 saturated heterocycles. The third kappa shape index (κ3) is 2.15. The van der Waals surface area contributed by atoms with Crippen molar-refractivity contribution in [2.24, 2.45) is 0 Å². The van der Waals surface area contributed by atoms with E-state index >= 15 is 0 Å². The topological polar surface area (TPSA) is 55.8 Å². The highest BCUT2D eigenvalue weighted by Gasteiger charge is 2.35. The van der Waals surface area contributed by atoms with Crippen LogP contribution in [0.5, 0.6) is 11.5 Å². The first-order valence-corrected chi connectivity index (χ1v) is 6.66. The summed E-state index contributed by atoms with van der Waals surface area (Å²) in [5.41, 5.74) is -0.398. The van der Waals surface area contributed by atoms with Gasteiger partial charge >= 0.3 is 10.4 Å². The Morgan fingerprint density at radius 3 is 2.50 bits per heavy atom. The highest BCUT2D eigenvalue weighted by molar-refractivity contribution is 7.83. The molecule has 18 heavy (non-hydrogen) atoms. The molecule has 0 atom stereocenters. The van der Waals surface area contributed by atoms with Crippen LogP contribution < -0.4 is 9.47 Å². The summed E-state index contributed by atoms with van der Waals surface area (Å²) in [6.45, 7) is 3.36. The molecular weight excluding hydrogens is 261 g/mol. The van der Waals surface area contributed by atoms with Crippen LogP contribution in [0.1, 0.15) is 19.4 Å². The SMILES string of the molecule is CN(C(C)(C)c1ccc2c(c1)OCO2)S(=O)(=O)F. The first-order chi connectivity index (χ1) is 8.23. The summed E-state index contributed by atoms with van der Waals surface area (Å²) in [7, 11) is -3.57. The molecule has 0 bridgehead atoms. The van der Waals surface area contributed by atoms with E-state index in [0.29, 0.717) is 21.4 Å². The van der Waals surface area contributed by atoms with E-state index in [1.807, 2.05) is 0 Å². The van der Waals surface area contributed by atoms with Gasteiger partial charge in [-0.1, -0.05) is 9.95 Å². The minimum Gasteiger partial charge on any atom is -0.454 e. The summed E-state index contributed by atoms with van der Waals surface area (Å²) >= 11 is 0. The van der Waals surface area contributed by atoms with Crippen LogP contribution in [0.25, 0.3) is 0 Å². The summed E-state index contributed by atoms with van der Waals surface area (Å²) < 4.78 is 46.1. The van der Waals surface area contributed by atoms with Crippen molar-refractivity contribution in [1.82, 2.24) is 4.31 Å². The van der Waals surface area contributed by atoms with Crippen molar-refractivity contribution in [2.45, 2.75) is 19.4 Å². The van der Waals surface area contributed by atoms with Gasteiger partial charge in [0.25, 0.3) is 0 Å². The first-order valence-electron chi connectivity index (χ1n) is 5.31. The molecule has 1 aliphatic heterocycles. The van der Waals surface area contributed by atoms with Gasteiger partial charge in [-0.15, -0.1) is 0 Å². The summed E-state index contributed by atoms with van der Waals surface area (Å²) in [6, 6.07) is 5.03. The molecule has 5 nitrogen and oxygen atoms in total. The van der Waals surface area contributed by atoms with Gasteiger partial charge in [0.2, 0.25) is 6.79 Å². The lowest BCUT2D eigenvalue weighted by atomic mass is 9.94. The second-order valence-corrected chi connectivity index (χ2v) is 5.91. The molecule has 1 aliphatic rings. The molecule has 1 aromatic rings. The van der Waals surface area contributed by atoms with Crippen molar-refractivity contribution in [3.63, 3.8) is 0 Å². The standard InChI is InChI=1S/C11H14FNO4S/c1-11(2,13(3)18(12,14)15)8-4-5-9-10(6-8)17-7-16-9/h4-6H,7H2,1-3H3. The van der Waals surface area contributed by atoms with Crippen LogP contribution in [0.3, 0.4) is 0 Å². The molecule has 0 saturated carbocycles. The van der Waals surface area contributed by atoms with Gasteiger partial charge in [-0.2, -0.15) is 12.7 Å². The minimum atomic E-state index is -4.76. The number of hydrogen-bond acceptors (Lipinski definition) is 4. The van der Waals surface area contributed by atoms with Crippen LogP contribution in [0.15, 0.2) is 18.2 Å². The third-order valence-electron chi connectivity index (χ3n) is 3.19. The molecule has 0 radical (unpaired) electrons. The number of nitrogens with zero attached hydrogens (tertiary/aromatic N) is 1. The Kier molecular flexibility index (Phi) is 2.98. The monoisotopic (exact) mass is 275 g/mol. The van der Waals surface area contributed by atoms with Crippen LogP contribution >= 0.6 is 0 Å². The third-order valence-corrected chi connectivity index (χ3v) is 4.30. The van der Waals surface area contributed by atoms with Crippen molar-refractivity contribution in [3.05, 3.63) is 23.8 Å². The fraction of sp³-hybridized carbons (Fsp3) is 0.455. The highest BCUT2D eigenvalue weighted by atomic mass is 32.3. The maximum atomic E-state index is 13.1. The van der Waals surface area contributed by atoms with E-state index in [1.54, 1.807) is 32.0 Å². The summed E-state index contributed by atoms with van der Waals surface area (Å²) in [5.74, 6) is 1.13. The average Bonchev–Trinajstić information content (AvgIpc) is 2.73. The number of hydrogen-bond donors (Lipinski definition) is 0. The number of benzene rings is 1. The number of halogens is 1. The first kappa shape index (κ1) is 13.1. The minimum absolute atomic E-state index is 0.135. The van der Waals surface area contributed by atoms with Crippen molar-refractivity contribution in [2.75, 3.05) is 13.8 Å². The summed E-state index contributed by atoms with van der Waals surface area (Å²) in [5, 5.41) is 0. The number of ether oxygens (including phenoxy) is 2. The van der Waals surface area contributed by atoms with Crippen LogP contribution in [0, 0.1) is 0 Å². The molecule has 0 amide bonds. The van der Waals surface area contributed by atoms with E-state index in [9.17, 15) is 12.3 Å². The van der Waals surface area contributed by atoms with Crippen molar-refractivity contribution in [3.8, 4) is 11.5 Å². The maximum Gasteiger partial charge on any atom is 0.375 e. The molecule has 7 heteroatoms. The summed E-state index contributed by atoms with van der Waals surface area (Å²) in [6.07, 6.45) is 0. The predicted molar refractivity (Wildman–Crippen MR) is 63.4 cm³/mol. The molecule has 0 aromatic heterocycles. The fourth-order valence-electron chi connectivity index (χ4n) is 1.73. The van der Waals surface area contributed by atoms with Crippen LogP contribution in [-0.4, -0.2) is 26.6 Å². The molecule has 0 N–H and O–H groups in total. The molecule has 2 rings (SSSR count). The lowest BCUT2D eigenvalue weighted by Gasteiger charge is -2.32. The molecule has 0 unspecified atom stereocenters. The normalized spacial score (nSPS) is 15.2. The van der Waals surface area contributed by atoms with Crippen molar-refractivity contribution < 1.29 is 21.8 Å². The van der Waals surface area contributed by atoms with Crippen LogP contribution in [0.2, 0.25) is 0 Å². The largest absolute Gasteiger partial charge is 0.454 e. The highest BCUT2D eigenvalue weighted by Crippen LogP contribution is 2.38. The van der Waals surface area contributed by atoms with Gasteiger partial charge in [-0.05, 0) is 31.5 Å². The zero-order chi connectivity index (χ0) is 13.6. The lowest BCUT2D eigenvalue weighted by Crippen LogP contribution is -2.40. The zero-order valence-electron chi connectivity index (χ0n) is 10.3. The van der Waals surface area contributed by atoms with E-state index in [4.69, 9.17) is 9.47 Å². The fourth-order valence-corrected chi connectivity index (χ4v) is 2.38. The molecule has 1 aromatic carbocycles. The zero-order valence-corrected chi connectivity index (χ0v) is 11.1. The molecule has 1 heterocycles. The van der Waals surface area contributed by atoms with Crippen LogP contribution in [-0.2, 0) is 15.9 Å². The van der Waals surface area contributed by atoms with Gasteiger partial charge in [-0.3, -0.25) is 0 Å². The quantitative estimate of drug-likeness (QED) is 0.789. The Hall–Kier alpha value is -1.34. The van der Waals surface area contributed by atoms with E-state index in [1.165, 1.54) is 7.05 Å². The smallest absolute Gasteiger partial charge is 0.375 e. The summed E-state index contributed by atoms with van der Waals surface area (Å²) in [4.78, 5) is 0. The number of fused-ring (bicyclic) bond motifs is 1. The lowest BCUT2D eigenvalue weighted by molar-refractivity contribution is 0.173. The molecule has 0 spiro atoms. The second-order valence-electron chi connectivity index (χ2n) is 4.54. The van der Waals surface area contributed by atoms with Crippen molar-refractivity contribution >= 4 is 10.4 Å². The van der Waals surface area contributed by atoms with Gasteiger partial charge in [0, 0.05) is 7.05 Å². The van der Waals surface area contributed by atoms with E-state index in [-0.39, 0.29) is 6.79 Å². The molecule has 0 aliphatic carbocycles. The molecule has 0 fully saturated rings. The maximum absolute atomic E-state index is 13.1. The molecular formula is C11H14FNO4S.